The van der Waals surface area contributed by atoms with Gasteiger partial charge in [0.2, 0.25) is 11.9 Å². The minimum atomic E-state index is 0.0191. The second-order valence-electron chi connectivity index (χ2n) is 6.17. The SMILES string of the molecule is Cc1nc(N)nc(C)c1CC(=O)N(C)Cc1cccc2cnccc12. The molecule has 0 unspecified atom stereocenters. The molecule has 0 fully saturated rings. The molecule has 128 valence electrons. The number of pyridine rings is 1. The van der Waals surface area contributed by atoms with E-state index in [1.54, 1.807) is 11.1 Å². The van der Waals surface area contributed by atoms with Crippen LogP contribution in [0.4, 0.5) is 5.95 Å². The smallest absolute Gasteiger partial charge is 0.227 e. The van der Waals surface area contributed by atoms with E-state index < -0.39 is 0 Å². The highest BCUT2D eigenvalue weighted by atomic mass is 16.2. The molecule has 1 amide bonds. The zero-order valence-corrected chi connectivity index (χ0v) is 14.7. The van der Waals surface area contributed by atoms with Crippen LogP contribution in [0.5, 0.6) is 0 Å². The number of nitrogen functional groups attached to an aromatic ring is 1. The van der Waals surface area contributed by atoms with Gasteiger partial charge >= 0.3 is 0 Å². The molecule has 0 spiro atoms. The predicted molar refractivity (Wildman–Crippen MR) is 97.8 cm³/mol. The van der Waals surface area contributed by atoms with E-state index in [0.717, 1.165) is 33.3 Å². The monoisotopic (exact) mass is 335 g/mol. The normalized spacial score (nSPS) is 10.8. The van der Waals surface area contributed by atoms with Crippen LogP contribution in [-0.4, -0.2) is 32.8 Å². The first-order chi connectivity index (χ1) is 12.0. The molecule has 6 nitrogen and oxygen atoms in total. The van der Waals surface area contributed by atoms with Crippen molar-refractivity contribution in [2.24, 2.45) is 0 Å². The number of anilines is 1. The summed E-state index contributed by atoms with van der Waals surface area (Å²) < 4.78 is 0. The highest BCUT2D eigenvalue weighted by Crippen LogP contribution is 2.19. The number of likely N-dealkylation sites (N-methyl/N-ethyl adjacent to an activating group) is 1. The third kappa shape index (κ3) is 3.57. The number of amides is 1. The fourth-order valence-electron chi connectivity index (χ4n) is 2.98. The number of carbonyl (C=O) groups excluding carboxylic acids is 1. The van der Waals surface area contributed by atoms with Crippen LogP contribution in [0.2, 0.25) is 0 Å². The van der Waals surface area contributed by atoms with Gasteiger partial charge in [-0.05, 0) is 30.9 Å². The van der Waals surface area contributed by atoms with Gasteiger partial charge in [0.1, 0.15) is 0 Å². The molecule has 2 N–H and O–H groups in total. The van der Waals surface area contributed by atoms with Crippen molar-refractivity contribution in [3.63, 3.8) is 0 Å². The van der Waals surface area contributed by atoms with Gasteiger partial charge in [-0.1, -0.05) is 18.2 Å². The molecule has 3 aromatic rings. The first-order valence-electron chi connectivity index (χ1n) is 8.11. The molecule has 0 saturated heterocycles. The van der Waals surface area contributed by atoms with Gasteiger partial charge in [0.05, 0.1) is 6.42 Å². The van der Waals surface area contributed by atoms with E-state index >= 15 is 0 Å². The molecule has 2 heterocycles. The maximum atomic E-state index is 12.7. The fourth-order valence-corrected chi connectivity index (χ4v) is 2.98. The minimum Gasteiger partial charge on any atom is -0.368 e. The van der Waals surface area contributed by atoms with E-state index in [0.29, 0.717) is 6.54 Å². The lowest BCUT2D eigenvalue weighted by molar-refractivity contribution is -0.129. The number of aryl methyl sites for hydroxylation is 2. The quantitative estimate of drug-likeness (QED) is 0.791. The zero-order valence-electron chi connectivity index (χ0n) is 14.7. The van der Waals surface area contributed by atoms with Gasteiger partial charge in [0, 0.05) is 48.3 Å². The summed E-state index contributed by atoms with van der Waals surface area (Å²) in [5, 5.41) is 2.18. The van der Waals surface area contributed by atoms with Crippen molar-refractivity contribution in [2.45, 2.75) is 26.8 Å². The van der Waals surface area contributed by atoms with Crippen molar-refractivity contribution in [2.75, 3.05) is 12.8 Å². The summed E-state index contributed by atoms with van der Waals surface area (Å²) in [6, 6.07) is 8.02. The maximum absolute atomic E-state index is 12.7. The van der Waals surface area contributed by atoms with Crippen molar-refractivity contribution >= 4 is 22.6 Å². The minimum absolute atomic E-state index is 0.0191. The van der Waals surface area contributed by atoms with E-state index in [-0.39, 0.29) is 18.3 Å². The summed E-state index contributed by atoms with van der Waals surface area (Å²) >= 11 is 0. The first kappa shape index (κ1) is 16.8. The van der Waals surface area contributed by atoms with Gasteiger partial charge in [-0.25, -0.2) is 9.97 Å². The molecule has 0 radical (unpaired) electrons. The lowest BCUT2D eigenvalue weighted by Crippen LogP contribution is -2.28. The summed E-state index contributed by atoms with van der Waals surface area (Å²) in [5.74, 6) is 0.259. The van der Waals surface area contributed by atoms with Crippen LogP contribution in [-0.2, 0) is 17.8 Å². The Bertz CT molecular complexity index is 910. The first-order valence-corrected chi connectivity index (χ1v) is 8.11. The molecule has 2 aromatic heterocycles. The second kappa shape index (κ2) is 6.84. The van der Waals surface area contributed by atoms with Crippen LogP contribution in [0.3, 0.4) is 0 Å². The largest absolute Gasteiger partial charge is 0.368 e. The van der Waals surface area contributed by atoms with Gasteiger partial charge in [-0.3, -0.25) is 9.78 Å². The standard InChI is InChI=1S/C19H21N5O/c1-12-17(13(2)23-19(20)22-12)9-18(25)24(3)11-15-6-4-5-14-10-21-8-7-16(14)15/h4-8,10H,9,11H2,1-3H3,(H2,20,22,23). The number of carbonyl (C=O) groups is 1. The summed E-state index contributed by atoms with van der Waals surface area (Å²) in [6.07, 6.45) is 3.87. The van der Waals surface area contributed by atoms with Crippen molar-refractivity contribution in [1.29, 1.82) is 0 Å². The Labute approximate surface area is 146 Å². The van der Waals surface area contributed by atoms with E-state index in [2.05, 4.69) is 15.0 Å². The summed E-state index contributed by atoms with van der Waals surface area (Å²) in [4.78, 5) is 26.9. The molecule has 0 aliphatic carbocycles. The molecule has 0 aliphatic rings. The van der Waals surface area contributed by atoms with Gasteiger partial charge in [-0.2, -0.15) is 0 Å². The molecule has 0 aliphatic heterocycles. The number of aromatic nitrogens is 3. The van der Waals surface area contributed by atoms with Gasteiger partial charge in [0.25, 0.3) is 0 Å². The molecule has 6 heteroatoms. The van der Waals surface area contributed by atoms with Crippen LogP contribution < -0.4 is 5.73 Å². The number of fused-ring (bicyclic) bond motifs is 1. The van der Waals surface area contributed by atoms with E-state index in [1.165, 1.54) is 0 Å². The van der Waals surface area contributed by atoms with Crippen LogP contribution in [0, 0.1) is 13.8 Å². The number of nitrogens with two attached hydrogens (primary N) is 1. The van der Waals surface area contributed by atoms with E-state index in [1.807, 2.05) is 51.4 Å². The highest BCUT2D eigenvalue weighted by Gasteiger charge is 2.16. The molecule has 0 saturated carbocycles. The Morgan fingerprint density at radius 2 is 1.88 bits per heavy atom. The number of benzene rings is 1. The Kier molecular flexibility index (Phi) is 4.61. The van der Waals surface area contributed by atoms with Crippen molar-refractivity contribution in [3.8, 4) is 0 Å². The van der Waals surface area contributed by atoms with Crippen LogP contribution in [0.25, 0.3) is 10.8 Å². The predicted octanol–water partition coefficient (Wildman–Crippen LogP) is 2.42. The maximum Gasteiger partial charge on any atom is 0.227 e. The average molecular weight is 335 g/mol. The lowest BCUT2D eigenvalue weighted by atomic mass is 10.1. The summed E-state index contributed by atoms with van der Waals surface area (Å²) in [5.41, 5.74) is 9.09. The zero-order chi connectivity index (χ0) is 18.0. The molecule has 0 atom stereocenters. The molecule has 3 rings (SSSR count). The van der Waals surface area contributed by atoms with Crippen LogP contribution in [0.1, 0.15) is 22.5 Å². The van der Waals surface area contributed by atoms with Crippen LogP contribution >= 0.6 is 0 Å². The highest BCUT2D eigenvalue weighted by molar-refractivity contribution is 5.85. The third-order valence-electron chi connectivity index (χ3n) is 4.37. The molecule has 1 aromatic carbocycles. The lowest BCUT2D eigenvalue weighted by Gasteiger charge is -2.19. The Balaban J connectivity index is 1.79. The number of rotatable bonds is 4. The van der Waals surface area contributed by atoms with Crippen LogP contribution in [0.15, 0.2) is 36.7 Å². The summed E-state index contributed by atoms with van der Waals surface area (Å²) in [7, 11) is 1.81. The topological polar surface area (TPSA) is 85.0 Å². The Hall–Kier alpha value is -3.02. The Morgan fingerprint density at radius 1 is 1.16 bits per heavy atom. The number of hydrogen-bond acceptors (Lipinski definition) is 5. The molecular formula is C19H21N5O. The molecular weight excluding hydrogens is 314 g/mol. The second-order valence-corrected chi connectivity index (χ2v) is 6.17. The van der Waals surface area contributed by atoms with Crippen molar-refractivity contribution < 1.29 is 4.79 Å². The number of hydrogen-bond donors (Lipinski definition) is 1. The Morgan fingerprint density at radius 3 is 2.60 bits per heavy atom. The van der Waals surface area contributed by atoms with E-state index in [4.69, 9.17) is 5.73 Å². The van der Waals surface area contributed by atoms with Gasteiger partial charge < -0.3 is 10.6 Å². The van der Waals surface area contributed by atoms with Gasteiger partial charge in [-0.15, -0.1) is 0 Å². The fraction of sp³-hybridized carbons (Fsp3) is 0.263. The number of nitrogens with zero attached hydrogens (tertiary/aromatic N) is 4. The van der Waals surface area contributed by atoms with Gasteiger partial charge in [0.15, 0.2) is 0 Å². The third-order valence-corrected chi connectivity index (χ3v) is 4.37. The van der Waals surface area contributed by atoms with Crippen molar-refractivity contribution in [3.05, 3.63) is 59.2 Å². The summed E-state index contributed by atoms with van der Waals surface area (Å²) in [6.45, 7) is 4.24. The molecule has 0 bridgehead atoms. The van der Waals surface area contributed by atoms with E-state index in [9.17, 15) is 4.79 Å². The average Bonchev–Trinajstić information content (AvgIpc) is 2.58. The van der Waals surface area contributed by atoms with Crippen molar-refractivity contribution in [1.82, 2.24) is 19.9 Å². The molecule has 25 heavy (non-hydrogen) atoms.